The fraction of sp³-hybridized carbons (Fsp3) is 0.273. The Balaban J connectivity index is 2.88. The van der Waals surface area contributed by atoms with Crippen molar-refractivity contribution in [2.45, 2.75) is 18.7 Å². The summed E-state index contributed by atoms with van der Waals surface area (Å²) >= 11 is 3.69. The van der Waals surface area contributed by atoms with E-state index in [0.29, 0.717) is 0 Å². The largest absolute Gasteiger partial charge is 0.143 e. The highest BCUT2D eigenvalue weighted by Gasteiger charge is 2.07. The Morgan fingerprint density at radius 1 is 1.23 bits per heavy atom. The summed E-state index contributed by atoms with van der Waals surface area (Å²) in [6, 6.07) is 4.50. The molecule has 0 aliphatic heterocycles. The van der Waals surface area contributed by atoms with Gasteiger partial charge in [0.1, 0.15) is 0 Å². The van der Waals surface area contributed by atoms with Crippen molar-refractivity contribution in [2.24, 2.45) is 0 Å². The summed E-state index contributed by atoms with van der Waals surface area (Å²) < 4.78 is 1.45. The monoisotopic (exact) mass is 208 g/mol. The Bertz CT molecular complexity index is 441. The Morgan fingerprint density at radius 2 is 2.00 bits per heavy atom. The molecule has 1 heterocycles. The van der Waals surface area contributed by atoms with E-state index < -0.39 is 0 Å². The van der Waals surface area contributed by atoms with Gasteiger partial charge in [-0.3, -0.25) is 0 Å². The number of fused-ring (bicyclic) bond motifs is 1. The van der Waals surface area contributed by atoms with Gasteiger partial charge in [0, 0.05) is 9.60 Å². The molecule has 2 rings (SSSR count). The molecular weight excluding hydrogens is 196 g/mol. The van der Waals surface area contributed by atoms with Gasteiger partial charge in [0.05, 0.1) is 0 Å². The fourth-order valence-corrected chi connectivity index (χ4v) is 3.73. The molecule has 0 nitrogen and oxygen atoms in total. The average molecular weight is 208 g/mol. The van der Waals surface area contributed by atoms with Gasteiger partial charge in [0.15, 0.2) is 0 Å². The van der Waals surface area contributed by atoms with Gasteiger partial charge in [0.25, 0.3) is 0 Å². The minimum Gasteiger partial charge on any atom is -0.143 e. The molecule has 0 amide bonds. The Morgan fingerprint density at radius 3 is 2.69 bits per heavy atom. The molecule has 2 aromatic rings. The first-order valence-corrected chi connectivity index (χ1v) is 6.36. The average Bonchev–Trinajstić information content (AvgIpc) is 2.53. The number of hydrogen-bond acceptors (Lipinski definition) is 2. The van der Waals surface area contributed by atoms with E-state index in [2.05, 4.69) is 37.6 Å². The van der Waals surface area contributed by atoms with E-state index in [0.717, 1.165) is 0 Å². The molecule has 0 N–H and O–H groups in total. The van der Waals surface area contributed by atoms with Crippen LogP contribution in [-0.2, 0) is 0 Å². The lowest BCUT2D eigenvalue weighted by molar-refractivity contribution is 1.33. The van der Waals surface area contributed by atoms with Gasteiger partial charge < -0.3 is 0 Å². The van der Waals surface area contributed by atoms with E-state index in [9.17, 15) is 0 Å². The minimum atomic E-state index is 1.39. The third-order valence-corrected chi connectivity index (χ3v) is 4.29. The van der Waals surface area contributed by atoms with Crippen LogP contribution in [0.1, 0.15) is 11.1 Å². The van der Waals surface area contributed by atoms with Crippen molar-refractivity contribution in [3.63, 3.8) is 0 Å². The molecule has 0 saturated heterocycles. The third-order valence-electron chi connectivity index (χ3n) is 2.29. The van der Waals surface area contributed by atoms with E-state index >= 15 is 0 Å². The molecule has 2 heteroatoms. The maximum Gasteiger partial charge on any atom is 0.0483 e. The summed E-state index contributed by atoms with van der Waals surface area (Å²) in [5.74, 6) is 0. The van der Waals surface area contributed by atoms with Crippen molar-refractivity contribution in [1.82, 2.24) is 0 Å². The van der Waals surface area contributed by atoms with Crippen LogP contribution in [0.4, 0.5) is 0 Å². The predicted octanol–water partition coefficient (Wildman–Crippen LogP) is 4.24. The highest BCUT2D eigenvalue weighted by molar-refractivity contribution is 7.99. The van der Waals surface area contributed by atoms with E-state index in [1.807, 2.05) is 23.1 Å². The smallest absolute Gasteiger partial charge is 0.0483 e. The molecule has 1 aromatic carbocycles. The number of benzene rings is 1. The summed E-state index contributed by atoms with van der Waals surface area (Å²) in [7, 11) is 0. The molecular formula is C11H12S2. The van der Waals surface area contributed by atoms with Gasteiger partial charge in [-0.05, 0) is 48.1 Å². The Hall–Kier alpha value is -0.470. The summed E-state index contributed by atoms with van der Waals surface area (Å²) in [4.78, 5) is 1.44. The van der Waals surface area contributed by atoms with Crippen molar-refractivity contribution in [1.29, 1.82) is 0 Å². The van der Waals surface area contributed by atoms with Gasteiger partial charge in [0.2, 0.25) is 0 Å². The van der Waals surface area contributed by atoms with Crippen LogP contribution in [-0.4, -0.2) is 6.26 Å². The van der Waals surface area contributed by atoms with Gasteiger partial charge in [-0.25, -0.2) is 0 Å². The van der Waals surface area contributed by atoms with Crippen LogP contribution in [0.25, 0.3) is 10.1 Å². The summed E-state index contributed by atoms with van der Waals surface area (Å²) in [6.45, 7) is 4.38. The van der Waals surface area contributed by atoms with Gasteiger partial charge in [-0.1, -0.05) is 6.07 Å². The lowest BCUT2D eigenvalue weighted by atomic mass is 10.1. The maximum absolute atomic E-state index is 2.28. The quantitative estimate of drug-likeness (QED) is 0.632. The van der Waals surface area contributed by atoms with Crippen molar-refractivity contribution in [3.05, 3.63) is 28.6 Å². The van der Waals surface area contributed by atoms with Crippen molar-refractivity contribution in [3.8, 4) is 0 Å². The number of rotatable bonds is 1. The first-order valence-electron chi connectivity index (χ1n) is 4.25. The molecule has 0 fully saturated rings. The van der Waals surface area contributed by atoms with Crippen molar-refractivity contribution in [2.75, 3.05) is 6.26 Å². The zero-order valence-corrected chi connectivity index (χ0v) is 9.68. The number of hydrogen-bond donors (Lipinski definition) is 0. The highest BCUT2D eigenvalue weighted by atomic mass is 32.2. The van der Waals surface area contributed by atoms with Gasteiger partial charge in [-0.2, -0.15) is 0 Å². The van der Waals surface area contributed by atoms with Crippen LogP contribution in [0.15, 0.2) is 22.4 Å². The first-order chi connectivity index (χ1) is 6.24. The van der Waals surface area contributed by atoms with E-state index in [-0.39, 0.29) is 0 Å². The molecule has 0 atom stereocenters. The predicted molar refractivity (Wildman–Crippen MR) is 63.1 cm³/mol. The second-order valence-electron chi connectivity index (χ2n) is 3.21. The first kappa shape index (κ1) is 9.10. The summed E-state index contributed by atoms with van der Waals surface area (Å²) in [5, 5.41) is 3.59. The fourth-order valence-electron chi connectivity index (χ4n) is 1.70. The van der Waals surface area contributed by atoms with Crippen molar-refractivity contribution < 1.29 is 0 Å². The number of thiophene rings is 1. The molecule has 68 valence electrons. The zero-order valence-electron chi connectivity index (χ0n) is 8.05. The highest BCUT2D eigenvalue weighted by Crippen LogP contribution is 2.35. The lowest BCUT2D eigenvalue weighted by Gasteiger charge is -2.06. The topological polar surface area (TPSA) is 0 Å². The van der Waals surface area contributed by atoms with Crippen LogP contribution in [0.3, 0.4) is 0 Å². The zero-order chi connectivity index (χ0) is 9.42. The number of aryl methyl sites for hydroxylation is 2. The molecule has 0 aliphatic carbocycles. The maximum atomic E-state index is 2.28. The molecule has 0 bridgehead atoms. The normalized spacial score (nSPS) is 11.0. The molecule has 1 aromatic heterocycles. The van der Waals surface area contributed by atoms with Gasteiger partial charge in [-0.15, -0.1) is 23.1 Å². The summed E-state index contributed by atoms with van der Waals surface area (Å²) in [6.07, 6.45) is 2.15. The minimum absolute atomic E-state index is 1.39. The third kappa shape index (κ3) is 1.38. The molecule has 0 unspecified atom stereocenters. The van der Waals surface area contributed by atoms with Crippen LogP contribution in [0, 0.1) is 13.8 Å². The molecule has 0 spiro atoms. The van der Waals surface area contributed by atoms with Crippen LogP contribution in [0.5, 0.6) is 0 Å². The number of thioether (sulfide) groups is 1. The van der Waals surface area contributed by atoms with Gasteiger partial charge >= 0.3 is 0 Å². The standard InChI is InChI=1S/C11H12S2/c1-7-6-8(2)10(12-3)11-9(7)4-5-13-11/h4-6H,1-3H3. The lowest BCUT2D eigenvalue weighted by Crippen LogP contribution is -1.82. The van der Waals surface area contributed by atoms with Crippen LogP contribution < -0.4 is 0 Å². The Kier molecular flexibility index (Phi) is 2.35. The summed E-state index contributed by atoms with van der Waals surface area (Å²) in [5.41, 5.74) is 2.80. The molecule has 13 heavy (non-hydrogen) atoms. The van der Waals surface area contributed by atoms with E-state index in [4.69, 9.17) is 0 Å². The van der Waals surface area contributed by atoms with Crippen LogP contribution >= 0.6 is 23.1 Å². The molecule has 0 radical (unpaired) electrons. The second kappa shape index (κ2) is 3.35. The molecule has 0 aliphatic rings. The molecule has 0 saturated carbocycles. The van der Waals surface area contributed by atoms with E-state index in [1.54, 1.807) is 0 Å². The van der Waals surface area contributed by atoms with E-state index in [1.165, 1.54) is 26.1 Å². The SMILES string of the molecule is CSc1c(C)cc(C)c2ccsc12. The Labute approximate surface area is 87.0 Å². The van der Waals surface area contributed by atoms with Crippen LogP contribution in [0.2, 0.25) is 0 Å². The van der Waals surface area contributed by atoms with Crippen molar-refractivity contribution >= 4 is 33.2 Å². The second-order valence-corrected chi connectivity index (χ2v) is 4.94.